The van der Waals surface area contributed by atoms with Crippen molar-refractivity contribution < 1.29 is 15.0 Å². The molecule has 3 aliphatic rings. The maximum absolute atomic E-state index is 12.4. The molecule has 2 atom stereocenters. The summed E-state index contributed by atoms with van der Waals surface area (Å²) in [7, 11) is 0. The predicted octanol–water partition coefficient (Wildman–Crippen LogP) is 1.75. The highest BCUT2D eigenvalue weighted by atomic mass is 16.3. The quantitative estimate of drug-likeness (QED) is 0.695. The Labute approximate surface area is 107 Å². The molecule has 0 aromatic carbocycles. The van der Waals surface area contributed by atoms with Gasteiger partial charge in [0, 0.05) is 23.2 Å². The van der Waals surface area contributed by atoms with Crippen LogP contribution in [-0.4, -0.2) is 28.2 Å². The number of carbonyl (C=O) groups excluding carboxylic acids is 1. The van der Waals surface area contributed by atoms with Gasteiger partial charge in [-0.3, -0.25) is 4.79 Å². The number of carbonyl (C=O) groups is 1. The first-order chi connectivity index (χ1) is 8.27. The van der Waals surface area contributed by atoms with E-state index in [9.17, 15) is 15.0 Å². The molecule has 1 fully saturated rings. The Hall–Kier alpha value is -0.930. The second-order valence-corrected chi connectivity index (χ2v) is 6.74. The largest absolute Gasteiger partial charge is 0.396 e. The maximum Gasteiger partial charge on any atom is 0.185 e. The molecule has 98 valence electrons. The molecule has 1 spiro atoms. The molecule has 1 saturated carbocycles. The summed E-state index contributed by atoms with van der Waals surface area (Å²) in [6.45, 7) is 7.76. The minimum Gasteiger partial charge on any atom is -0.396 e. The Kier molecular flexibility index (Phi) is 2.12. The Morgan fingerprint density at radius 3 is 2.39 bits per heavy atom. The molecule has 0 aromatic rings. The Bertz CT molecular complexity index is 494. The van der Waals surface area contributed by atoms with Gasteiger partial charge in [0.15, 0.2) is 5.78 Å². The Morgan fingerprint density at radius 1 is 1.28 bits per heavy atom. The summed E-state index contributed by atoms with van der Waals surface area (Å²) in [5.41, 5.74) is 0.469. The third kappa shape index (κ3) is 1.19. The Morgan fingerprint density at radius 2 is 1.89 bits per heavy atom. The average Bonchev–Trinajstić information content (AvgIpc) is 3.05. The van der Waals surface area contributed by atoms with Gasteiger partial charge in [0.2, 0.25) is 0 Å². The summed E-state index contributed by atoms with van der Waals surface area (Å²) in [6.07, 6.45) is 2.86. The van der Waals surface area contributed by atoms with Crippen molar-refractivity contribution in [2.75, 3.05) is 6.61 Å². The van der Waals surface area contributed by atoms with Crippen LogP contribution in [0, 0.1) is 10.8 Å². The van der Waals surface area contributed by atoms with Crippen molar-refractivity contribution in [3.05, 3.63) is 23.3 Å². The topological polar surface area (TPSA) is 57.5 Å². The first kappa shape index (κ1) is 12.1. The van der Waals surface area contributed by atoms with Gasteiger partial charge in [-0.1, -0.05) is 13.5 Å². The number of hydrogen-bond acceptors (Lipinski definition) is 3. The van der Waals surface area contributed by atoms with Crippen LogP contribution in [0.1, 0.15) is 39.5 Å². The van der Waals surface area contributed by atoms with Crippen molar-refractivity contribution in [1.82, 2.24) is 0 Å². The SMILES string of the molecule is C=C1C(=O)C2=C(C[C@@](C)(CO)C2)[C@@](C)(O)C12CC2. The van der Waals surface area contributed by atoms with Crippen molar-refractivity contribution in [3.8, 4) is 0 Å². The zero-order chi connectivity index (χ0) is 13.3. The van der Waals surface area contributed by atoms with Crippen molar-refractivity contribution in [1.29, 1.82) is 0 Å². The monoisotopic (exact) mass is 248 g/mol. The number of rotatable bonds is 1. The van der Waals surface area contributed by atoms with Crippen LogP contribution >= 0.6 is 0 Å². The van der Waals surface area contributed by atoms with Gasteiger partial charge in [0.25, 0.3) is 0 Å². The summed E-state index contributed by atoms with van der Waals surface area (Å²) in [5, 5.41) is 20.4. The van der Waals surface area contributed by atoms with Gasteiger partial charge < -0.3 is 10.2 Å². The van der Waals surface area contributed by atoms with E-state index in [1.807, 2.05) is 13.8 Å². The molecule has 3 nitrogen and oxygen atoms in total. The first-order valence-electron chi connectivity index (χ1n) is 6.57. The molecule has 3 aliphatic carbocycles. The lowest BCUT2D eigenvalue weighted by molar-refractivity contribution is -0.115. The van der Waals surface area contributed by atoms with Gasteiger partial charge in [-0.25, -0.2) is 0 Å². The van der Waals surface area contributed by atoms with Gasteiger partial charge in [-0.05, 0) is 43.6 Å². The normalized spacial score (nSPS) is 41.6. The van der Waals surface area contributed by atoms with Gasteiger partial charge in [0.1, 0.15) is 0 Å². The highest BCUT2D eigenvalue weighted by molar-refractivity contribution is 6.12. The fourth-order valence-electron chi connectivity index (χ4n) is 3.82. The van der Waals surface area contributed by atoms with Gasteiger partial charge in [0.05, 0.1) is 5.60 Å². The molecule has 0 amide bonds. The van der Waals surface area contributed by atoms with Crippen LogP contribution < -0.4 is 0 Å². The van der Waals surface area contributed by atoms with E-state index in [0.29, 0.717) is 24.0 Å². The number of allylic oxidation sites excluding steroid dienone is 1. The lowest BCUT2D eigenvalue weighted by Gasteiger charge is -2.40. The van der Waals surface area contributed by atoms with E-state index in [4.69, 9.17) is 0 Å². The van der Waals surface area contributed by atoms with Crippen LogP contribution in [0.25, 0.3) is 0 Å². The van der Waals surface area contributed by atoms with Crippen molar-refractivity contribution in [2.24, 2.45) is 10.8 Å². The molecule has 3 rings (SSSR count). The molecule has 18 heavy (non-hydrogen) atoms. The first-order valence-corrected chi connectivity index (χ1v) is 6.57. The van der Waals surface area contributed by atoms with Crippen LogP contribution in [0.5, 0.6) is 0 Å². The van der Waals surface area contributed by atoms with Crippen molar-refractivity contribution in [3.63, 3.8) is 0 Å². The van der Waals surface area contributed by atoms with Crippen molar-refractivity contribution in [2.45, 2.75) is 45.1 Å². The predicted molar refractivity (Wildman–Crippen MR) is 67.9 cm³/mol. The van der Waals surface area contributed by atoms with E-state index >= 15 is 0 Å². The summed E-state index contributed by atoms with van der Waals surface area (Å²) >= 11 is 0. The Balaban J connectivity index is 2.11. The molecule has 0 heterocycles. The number of ketones is 1. The smallest absolute Gasteiger partial charge is 0.185 e. The maximum atomic E-state index is 12.4. The standard InChI is InChI=1S/C15H20O3/c1-9-12(17)10-6-13(2,8-16)7-11(10)14(3,18)15(9)4-5-15/h16,18H,1,4-8H2,2-3H3/t13-,14+/m0/s1. The third-order valence-corrected chi connectivity index (χ3v) is 5.35. The average molecular weight is 248 g/mol. The van der Waals surface area contributed by atoms with Gasteiger partial charge in [-0.2, -0.15) is 0 Å². The second kappa shape index (κ2) is 3.14. The molecule has 0 aromatic heterocycles. The highest BCUT2D eigenvalue weighted by Crippen LogP contribution is 2.67. The fraction of sp³-hybridized carbons (Fsp3) is 0.667. The van der Waals surface area contributed by atoms with Crippen LogP contribution in [0.2, 0.25) is 0 Å². The molecule has 0 radical (unpaired) electrons. The van der Waals surface area contributed by atoms with Crippen LogP contribution in [0.3, 0.4) is 0 Å². The summed E-state index contributed by atoms with van der Waals surface area (Å²) in [4.78, 5) is 12.4. The summed E-state index contributed by atoms with van der Waals surface area (Å²) in [5.74, 6) is 0.0196. The zero-order valence-electron chi connectivity index (χ0n) is 11.0. The van der Waals surface area contributed by atoms with E-state index in [2.05, 4.69) is 6.58 Å². The highest BCUT2D eigenvalue weighted by Gasteiger charge is 2.65. The second-order valence-electron chi connectivity index (χ2n) is 6.74. The van der Waals surface area contributed by atoms with Crippen LogP contribution in [-0.2, 0) is 4.79 Å². The molecule has 0 saturated heterocycles. The van der Waals surface area contributed by atoms with E-state index in [1.165, 1.54) is 0 Å². The summed E-state index contributed by atoms with van der Waals surface area (Å²) < 4.78 is 0. The molecular formula is C15H20O3. The van der Waals surface area contributed by atoms with Gasteiger partial charge >= 0.3 is 0 Å². The fourth-order valence-corrected chi connectivity index (χ4v) is 3.82. The third-order valence-electron chi connectivity index (χ3n) is 5.35. The molecule has 0 aliphatic heterocycles. The number of aliphatic hydroxyl groups excluding tert-OH is 1. The van der Waals surface area contributed by atoms with E-state index in [-0.39, 0.29) is 17.8 Å². The number of aliphatic hydroxyl groups is 2. The van der Waals surface area contributed by atoms with Crippen LogP contribution in [0.4, 0.5) is 0 Å². The zero-order valence-corrected chi connectivity index (χ0v) is 11.0. The molecule has 2 N–H and O–H groups in total. The van der Waals surface area contributed by atoms with E-state index < -0.39 is 11.0 Å². The molecule has 3 heteroatoms. The summed E-state index contributed by atoms with van der Waals surface area (Å²) in [6, 6.07) is 0. The molecule has 0 bridgehead atoms. The van der Waals surface area contributed by atoms with Gasteiger partial charge in [-0.15, -0.1) is 0 Å². The van der Waals surface area contributed by atoms with Crippen LogP contribution in [0.15, 0.2) is 23.3 Å². The molecule has 0 unspecified atom stereocenters. The lowest BCUT2D eigenvalue weighted by atomic mass is 9.67. The lowest BCUT2D eigenvalue weighted by Crippen LogP contribution is -2.45. The number of hydrogen-bond donors (Lipinski definition) is 2. The van der Waals surface area contributed by atoms with Crippen molar-refractivity contribution >= 4 is 5.78 Å². The minimum atomic E-state index is -0.958. The minimum absolute atomic E-state index is 0.0196. The van der Waals surface area contributed by atoms with E-state index in [0.717, 1.165) is 18.4 Å². The molecular weight excluding hydrogens is 228 g/mol. The number of Topliss-reactive ketones (excluding diaryl/α,β-unsaturated/α-hetero) is 1. The van der Waals surface area contributed by atoms with E-state index in [1.54, 1.807) is 0 Å².